The smallest absolute Gasteiger partial charge is 0.142 e. The van der Waals surface area contributed by atoms with Crippen LogP contribution in [-0.4, -0.2) is 30.6 Å². The van der Waals surface area contributed by atoms with Crippen molar-refractivity contribution in [2.45, 2.75) is 44.3 Å². The lowest BCUT2D eigenvalue weighted by molar-refractivity contribution is 0.133. The molecule has 0 aromatic heterocycles. The molecule has 2 heterocycles. The molecule has 1 aromatic carbocycles. The number of hydrogen-bond acceptors (Lipinski definition) is 2. The van der Waals surface area contributed by atoms with Gasteiger partial charge in [-0.2, -0.15) is 0 Å². The van der Waals surface area contributed by atoms with E-state index in [1.165, 1.54) is 31.7 Å². The van der Waals surface area contributed by atoms with Gasteiger partial charge in [-0.3, -0.25) is 0 Å². The summed E-state index contributed by atoms with van der Waals surface area (Å²) in [5.74, 6) is 0.434. The number of fused-ring (bicyclic) bond motifs is 2. The van der Waals surface area contributed by atoms with Crippen LogP contribution in [0.15, 0.2) is 18.2 Å². The van der Waals surface area contributed by atoms with Gasteiger partial charge < -0.3 is 10.2 Å². The van der Waals surface area contributed by atoms with Crippen LogP contribution in [0.25, 0.3) is 0 Å². The fourth-order valence-corrected chi connectivity index (χ4v) is 3.88. The van der Waals surface area contributed by atoms with Crippen molar-refractivity contribution in [2.24, 2.45) is 5.92 Å². The highest BCUT2D eigenvalue weighted by Crippen LogP contribution is 2.37. The Morgan fingerprint density at radius 3 is 2.65 bits per heavy atom. The van der Waals surface area contributed by atoms with Gasteiger partial charge in [0.2, 0.25) is 0 Å². The molecule has 0 amide bonds. The summed E-state index contributed by atoms with van der Waals surface area (Å²) in [7, 11) is 2.27. The van der Waals surface area contributed by atoms with Gasteiger partial charge in [-0.1, -0.05) is 17.7 Å². The van der Waals surface area contributed by atoms with Crippen LogP contribution < -0.4 is 5.32 Å². The molecular weight excluding hydrogens is 275 g/mol. The van der Waals surface area contributed by atoms with Crippen LogP contribution in [-0.2, 0) is 6.54 Å². The van der Waals surface area contributed by atoms with Crippen LogP contribution in [0.2, 0.25) is 5.02 Å². The summed E-state index contributed by atoms with van der Waals surface area (Å²) in [5.41, 5.74) is 0.961. The third-order valence-corrected chi connectivity index (χ3v) is 5.25. The van der Waals surface area contributed by atoms with E-state index >= 15 is 0 Å². The van der Waals surface area contributed by atoms with E-state index in [0.29, 0.717) is 0 Å². The fourth-order valence-electron chi connectivity index (χ4n) is 3.76. The zero-order chi connectivity index (χ0) is 14.1. The predicted octanol–water partition coefficient (Wildman–Crippen LogP) is 3.44. The van der Waals surface area contributed by atoms with E-state index < -0.39 is 0 Å². The maximum absolute atomic E-state index is 13.3. The first-order valence-corrected chi connectivity index (χ1v) is 7.88. The molecule has 2 saturated heterocycles. The molecule has 0 saturated carbocycles. The van der Waals surface area contributed by atoms with Crippen molar-refractivity contribution in [3.8, 4) is 0 Å². The summed E-state index contributed by atoms with van der Waals surface area (Å²) in [4.78, 5) is 2.56. The van der Waals surface area contributed by atoms with E-state index in [1.807, 2.05) is 6.07 Å². The van der Waals surface area contributed by atoms with Gasteiger partial charge in [0.1, 0.15) is 5.82 Å². The summed E-state index contributed by atoms with van der Waals surface area (Å²) in [6, 6.07) is 6.61. The Labute approximate surface area is 125 Å². The van der Waals surface area contributed by atoms with E-state index in [4.69, 9.17) is 11.6 Å². The first kappa shape index (κ1) is 14.3. The minimum atomic E-state index is -0.330. The maximum atomic E-state index is 13.3. The molecule has 2 atom stereocenters. The van der Waals surface area contributed by atoms with Gasteiger partial charge in [0.15, 0.2) is 0 Å². The Morgan fingerprint density at radius 2 is 2.00 bits per heavy atom. The van der Waals surface area contributed by atoms with Crippen molar-refractivity contribution < 1.29 is 4.39 Å². The standard InChI is InChI=1S/C16H22ClFN2/c1-20-13-3-4-14(20)7-12(6-13)10-19-9-11-2-5-15(17)16(18)8-11/h2,5,8,12-14,19H,3-4,6-7,9-10H2,1H3. The number of hydrogen-bond donors (Lipinski definition) is 1. The second-order valence-electron chi connectivity index (χ2n) is 6.27. The van der Waals surface area contributed by atoms with Crippen LogP contribution in [0.1, 0.15) is 31.2 Å². The van der Waals surface area contributed by atoms with Crippen LogP contribution >= 0.6 is 11.6 Å². The minimum Gasteiger partial charge on any atom is -0.312 e. The summed E-state index contributed by atoms with van der Waals surface area (Å²) >= 11 is 5.69. The monoisotopic (exact) mass is 296 g/mol. The van der Waals surface area contributed by atoms with Gasteiger partial charge in [0.05, 0.1) is 5.02 Å². The quantitative estimate of drug-likeness (QED) is 0.915. The number of rotatable bonds is 4. The molecule has 3 rings (SSSR count). The van der Waals surface area contributed by atoms with Gasteiger partial charge in [0, 0.05) is 18.6 Å². The van der Waals surface area contributed by atoms with Gasteiger partial charge >= 0.3 is 0 Å². The Bertz CT molecular complexity index is 466. The molecule has 2 unspecified atom stereocenters. The lowest BCUT2D eigenvalue weighted by Gasteiger charge is -2.36. The van der Waals surface area contributed by atoms with Crippen LogP contribution in [0.3, 0.4) is 0 Å². The molecule has 1 N–H and O–H groups in total. The van der Waals surface area contributed by atoms with E-state index in [1.54, 1.807) is 6.07 Å². The molecule has 4 heteroatoms. The van der Waals surface area contributed by atoms with Crippen LogP contribution in [0.5, 0.6) is 0 Å². The summed E-state index contributed by atoms with van der Waals surface area (Å²) in [6.45, 7) is 1.75. The van der Waals surface area contributed by atoms with Crippen molar-refractivity contribution in [1.29, 1.82) is 0 Å². The summed E-state index contributed by atoms with van der Waals surface area (Å²) in [5, 5.41) is 3.67. The van der Waals surface area contributed by atoms with Crippen molar-refractivity contribution in [1.82, 2.24) is 10.2 Å². The summed E-state index contributed by atoms with van der Waals surface area (Å²) in [6.07, 6.45) is 5.32. The molecule has 2 bridgehead atoms. The fraction of sp³-hybridized carbons (Fsp3) is 0.625. The third kappa shape index (κ3) is 3.00. The number of nitrogens with zero attached hydrogens (tertiary/aromatic N) is 1. The van der Waals surface area contributed by atoms with E-state index in [-0.39, 0.29) is 10.8 Å². The first-order chi connectivity index (χ1) is 9.63. The molecule has 2 fully saturated rings. The molecular formula is C16H22ClFN2. The Morgan fingerprint density at radius 1 is 1.30 bits per heavy atom. The highest BCUT2D eigenvalue weighted by atomic mass is 35.5. The number of piperidine rings is 1. The van der Waals surface area contributed by atoms with Gasteiger partial charge in [-0.25, -0.2) is 4.39 Å². The molecule has 2 aliphatic heterocycles. The van der Waals surface area contributed by atoms with Gasteiger partial charge in [-0.05, 0) is 62.9 Å². The molecule has 20 heavy (non-hydrogen) atoms. The molecule has 1 aromatic rings. The summed E-state index contributed by atoms with van der Waals surface area (Å²) < 4.78 is 13.3. The van der Waals surface area contributed by atoms with Crippen molar-refractivity contribution >= 4 is 11.6 Å². The predicted molar refractivity (Wildman–Crippen MR) is 80.4 cm³/mol. The molecule has 0 aliphatic carbocycles. The number of nitrogens with one attached hydrogen (secondary N) is 1. The first-order valence-electron chi connectivity index (χ1n) is 7.50. The van der Waals surface area contributed by atoms with Crippen LogP contribution in [0.4, 0.5) is 4.39 Å². The Kier molecular flexibility index (Phi) is 4.29. The Balaban J connectivity index is 1.47. The van der Waals surface area contributed by atoms with E-state index in [2.05, 4.69) is 17.3 Å². The normalized spacial score (nSPS) is 29.9. The van der Waals surface area contributed by atoms with Crippen molar-refractivity contribution in [3.05, 3.63) is 34.6 Å². The third-order valence-electron chi connectivity index (χ3n) is 4.94. The van der Waals surface area contributed by atoms with Crippen molar-refractivity contribution in [3.63, 3.8) is 0 Å². The number of benzene rings is 1. The Hall–Kier alpha value is -0.640. The largest absolute Gasteiger partial charge is 0.312 e. The molecule has 2 aliphatic rings. The molecule has 0 radical (unpaired) electrons. The van der Waals surface area contributed by atoms with Crippen molar-refractivity contribution in [2.75, 3.05) is 13.6 Å². The average molecular weight is 297 g/mol. The second kappa shape index (κ2) is 6.00. The second-order valence-corrected chi connectivity index (χ2v) is 6.67. The topological polar surface area (TPSA) is 15.3 Å². The van der Waals surface area contributed by atoms with Gasteiger partial charge in [0.25, 0.3) is 0 Å². The maximum Gasteiger partial charge on any atom is 0.142 e. The molecule has 110 valence electrons. The van der Waals surface area contributed by atoms with E-state index in [9.17, 15) is 4.39 Å². The lowest BCUT2D eigenvalue weighted by Crippen LogP contribution is -2.42. The van der Waals surface area contributed by atoms with Crippen LogP contribution in [0, 0.1) is 11.7 Å². The zero-order valence-electron chi connectivity index (χ0n) is 11.9. The lowest BCUT2D eigenvalue weighted by atomic mass is 9.91. The SMILES string of the molecule is CN1C2CCC1CC(CNCc1ccc(Cl)c(F)c1)C2. The minimum absolute atomic E-state index is 0.195. The molecule has 2 nitrogen and oxygen atoms in total. The highest BCUT2D eigenvalue weighted by Gasteiger charge is 2.37. The van der Waals surface area contributed by atoms with E-state index in [0.717, 1.165) is 36.7 Å². The highest BCUT2D eigenvalue weighted by molar-refractivity contribution is 6.30. The zero-order valence-corrected chi connectivity index (χ0v) is 12.7. The molecule has 0 spiro atoms. The number of halogens is 2. The van der Waals surface area contributed by atoms with Gasteiger partial charge in [-0.15, -0.1) is 0 Å². The average Bonchev–Trinajstić information content (AvgIpc) is 2.65.